The van der Waals surface area contributed by atoms with Crippen LogP contribution in [0.3, 0.4) is 0 Å². The van der Waals surface area contributed by atoms with Crippen LogP contribution in [0, 0.1) is 5.92 Å². The third-order valence-electron chi connectivity index (χ3n) is 4.49. The first-order valence-electron chi connectivity index (χ1n) is 7.57. The first kappa shape index (κ1) is 13.2. The van der Waals surface area contributed by atoms with Gasteiger partial charge in [0.1, 0.15) is 0 Å². The molecule has 2 atom stereocenters. The summed E-state index contributed by atoms with van der Waals surface area (Å²) in [5.41, 5.74) is 2.16. The molecule has 0 radical (unpaired) electrons. The summed E-state index contributed by atoms with van der Waals surface area (Å²) in [6.45, 7) is 5.90. The zero-order valence-corrected chi connectivity index (χ0v) is 12.4. The highest BCUT2D eigenvalue weighted by atomic mass is 16.5. The minimum Gasteiger partial charge on any atom is -0.379 e. The van der Waals surface area contributed by atoms with Gasteiger partial charge in [-0.2, -0.15) is 5.10 Å². The maximum absolute atomic E-state index is 5.84. The van der Waals surface area contributed by atoms with Crippen LogP contribution in [-0.4, -0.2) is 70.3 Å². The number of fused-ring (bicyclic) bond motifs is 4. The summed E-state index contributed by atoms with van der Waals surface area (Å²) in [7, 11) is 2.21. The molecule has 21 heavy (non-hydrogen) atoms. The summed E-state index contributed by atoms with van der Waals surface area (Å²) in [4.78, 5) is 9.45. The van der Waals surface area contributed by atoms with Crippen LogP contribution >= 0.6 is 0 Å². The van der Waals surface area contributed by atoms with Gasteiger partial charge < -0.3 is 9.64 Å². The molecule has 6 heteroatoms. The molecule has 0 aromatic carbocycles. The Morgan fingerprint density at radius 3 is 3.19 bits per heavy atom. The van der Waals surface area contributed by atoms with E-state index in [-0.39, 0.29) is 0 Å². The Bertz CT molecular complexity index is 627. The highest BCUT2D eigenvalue weighted by molar-refractivity contribution is 5.45. The van der Waals surface area contributed by atoms with Gasteiger partial charge >= 0.3 is 0 Å². The fourth-order valence-electron chi connectivity index (χ4n) is 3.56. The molecule has 0 unspecified atom stereocenters. The number of aromatic nitrogens is 3. The van der Waals surface area contributed by atoms with Crippen molar-refractivity contribution in [3.8, 4) is 0 Å². The van der Waals surface area contributed by atoms with Crippen molar-refractivity contribution in [3.63, 3.8) is 0 Å². The Kier molecular flexibility index (Phi) is 3.37. The van der Waals surface area contributed by atoms with Crippen molar-refractivity contribution in [1.82, 2.24) is 24.4 Å². The maximum atomic E-state index is 5.84. The van der Waals surface area contributed by atoms with E-state index in [2.05, 4.69) is 26.9 Å². The van der Waals surface area contributed by atoms with Gasteiger partial charge in [0.05, 0.1) is 19.4 Å². The normalized spacial score (nSPS) is 27.9. The number of ether oxygens (including phenoxy) is 1. The van der Waals surface area contributed by atoms with Crippen LogP contribution in [-0.2, 0) is 11.3 Å². The lowest BCUT2D eigenvalue weighted by molar-refractivity contribution is 0.0562. The second-order valence-electron chi connectivity index (χ2n) is 6.27. The average molecular weight is 287 g/mol. The van der Waals surface area contributed by atoms with E-state index in [1.54, 1.807) is 0 Å². The lowest BCUT2D eigenvalue weighted by atomic mass is 10.1. The molecular weight excluding hydrogens is 266 g/mol. The van der Waals surface area contributed by atoms with Crippen LogP contribution in [0.2, 0.25) is 0 Å². The Labute approximate surface area is 124 Å². The fourth-order valence-corrected chi connectivity index (χ4v) is 3.56. The van der Waals surface area contributed by atoms with Gasteiger partial charge in [0, 0.05) is 56.1 Å². The Hall–Kier alpha value is -1.50. The largest absolute Gasteiger partial charge is 0.379 e. The van der Waals surface area contributed by atoms with Crippen LogP contribution in [0.25, 0.3) is 5.65 Å². The number of hydrogen-bond acceptors (Lipinski definition) is 5. The van der Waals surface area contributed by atoms with E-state index in [0.29, 0.717) is 12.0 Å². The summed E-state index contributed by atoms with van der Waals surface area (Å²) in [5.74, 6) is 0.595. The van der Waals surface area contributed by atoms with Crippen molar-refractivity contribution in [1.29, 1.82) is 0 Å². The highest BCUT2D eigenvalue weighted by Gasteiger charge is 2.32. The van der Waals surface area contributed by atoms with Crippen molar-refractivity contribution in [2.45, 2.75) is 12.6 Å². The third kappa shape index (κ3) is 2.54. The van der Waals surface area contributed by atoms with Gasteiger partial charge in [0.2, 0.25) is 0 Å². The van der Waals surface area contributed by atoms with Crippen molar-refractivity contribution < 1.29 is 4.74 Å². The van der Waals surface area contributed by atoms with Crippen molar-refractivity contribution in [2.75, 3.05) is 39.9 Å². The summed E-state index contributed by atoms with van der Waals surface area (Å²) < 4.78 is 7.69. The molecule has 2 aromatic heterocycles. The van der Waals surface area contributed by atoms with Gasteiger partial charge in [-0.05, 0) is 13.1 Å². The summed E-state index contributed by atoms with van der Waals surface area (Å²) in [5, 5.41) is 4.39. The SMILES string of the molecule is CN1C[C@@H]2COC[C@H](C1)N(Cc1cnn3cccnc13)C2. The zero-order chi connectivity index (χ0) is 14.2. The zero-order valence-electron chi connectivity index (χ0n) is 12.4. The van der Waals surface area contributed by atoms with E-state index in [1.807, 2.05) is 29.2 Å². The Balaban J connectivity index is 1.61. The summed E-state index contributed by atoms with van der Waals surface area (Å²) in [6, 6.07) is 2.37. The van der Waals surface area contributed by atoms with E-state index in [1.165, 1.54) is 5.56 Å². The molecule has 4 heterocycles. The molecule has 2 fully saturated rings. The fraction of sp³-hybridized carbons (Fsp3) is 0.600. The van der Waals surface area contributed by atoms with E-state index in [4.69, 9.17) is 4.74 Å². The van der Waals surface area contributed by atoms with E-state index < -0.39 is 0 Å². The van der Waals surface area contributed by atoms with Crippen LogP contribution in [0.5, 0.6) is 0 Å². The smallest absolute Gasteiger partial charge is 0.159 e. The molecule has 2 saturated heterocycles. The first-order valence-corrected chi connectivity index (χ1v) is 7.57. The maximum Gasteiger partial charge on any atom is 0.159 e. The van der Waals surface area contributed by atoms with Gasteiger partial charge in [-0.1, -0.05) is 0 Å². The molecule has 0 amide bonds. The quantitative estimate of drug-likeness (QED) is 0.804. The molecule has 2 aromatic rings. The molecule has 112 valence electrons. The standard InChI is InChI=1S/C15H21N5O/c1-18-6-12-7-19(14(9-18)11-21-10-12)8-13-5-17-20-4-2-3-16-15(13)20/h2-5,12,14H,6-11H2,1H3/t12-,14-/m0/s1. The predicted octanol–water partition coefficient (Wildman–Crippen LogP) is 0.492. The van der Waals surface area contributed by atoms with Crippen molar-refractivity contribution in [3.05, 3.63) is 30.2 Å². The predicted molar refractivity (Wildman–Crippen MR) is 79.0 cm³/mol. The van der Waals surface area contributed by atoms with Crippen LogP contribution in [0.4, 0.5) is 0 Å². The van der Waals surface area contributed by atoms with Crippen molar-refractivity contribution in [2.24, 2.45) is 5.92 Å². The van der Waals surface area contributed by atoms with Gasteiger partial charge in [-0.3, -0.25) is 4.90 Å². The number of nitrogens with zero attached hydrogens (tertiary/aromatic N) is 5. The minimum atomic E-state index is 0.459. The minimum absolute atomic E-state index is 0.459. The molecule has 0 N–H and O–H groups in total. The second kappa shape index (κ2) is 5.36. The third-order valence-corrected chi connectivity index (χ3v) is 4.49. The van der Waals surface area contributed by atoms with E-state index in [9.17, 15) is 0 Å². The molecule has 2 aliphatic heterocycles. The van der Waals surface area contributed by atoms with Crippen LogP contribution in [0.1, 0.15) is 5.56 Å². The molecule has 0 spiro atoms. The van der Waals surface area contributed by atoms with E-state index >= 15 is 0 Å². The number of rotatable bonds is 2. The first-order chi connectivity index (χ1) is 10.3. The van der Waals surface area contributed by atoms with Crippen LogP contribution in [0.15, 0.2) is 24.7 Å². The van der Waals surface area contributed by atoms with Gasteiger partial charge in [0.15, 0.2) is 5.65 Å². The van der Waals surface area contributed by atoms with Crippen LogP contribution < -0.4 is 0 Å². The molecule has 0 saturated carbocycles. The number of hydrogen-bond donors (Lipinski definition) is 0. The van der Waals surface area contributed by atoms with E-state index in [0.717, 1.165) is 45.0 Å². The van der Waals surface area contributed by atoms with Gasteiger partial charge in [0.25, 0.3) is 0 Å². The molecule has 6 nitrogen and oxygen atoms in total. The van der Waals surface area contributed by atoms with Crippen molar-refractivity contribution >= 4 is 5.65 Å². The Morgan fingerprint density at radius 2 is 2.24 bits per heavy atom. The lowest BCUT2D eigenvalue weighted by Gasteiger charge is -2.29. The highest BCUT2D eigenvalue weighted by Crippen LogP contribution is 2.21. The lowest BCUT2D eigenvalue weighted by Crippen LogP contribution is -2.42. The molecule has 4 rings (SSSR count). The van der Waals surface area contributed by atoms with Gasteiger partial charge in [-0.15, -0.1) is 0 Å². The average Bonchev–Trinajstić information content (AvgIpc) is 2.68. The topological polar surface area (TPSA) is 45.9 Å². The monoisotopic (exact) mass is 287 g/mol. The molecule has 2 aliphatic rings. The molecule has 2 bridgehead atoms. The summed E-state index contributed by atoms with van der Waals surface area (Å²) in [6.07, 6.45) is 5.73. The number of likely N-dealkylation sites (N-methyl/N-ethyl adjacent to an activating group) is 1. The Morgan fingerprint density at radius 1 is 1.29 bits per heavy atom. The summed E-state index contributed by atoms with van der Waals surface area (Å²) >= 11 is 0. The molecular formula is C15H21N5O. The van der Waals surface area contributed by atoms with Gasteiger partial charge in [-0.25, -0.2) is 9.50 Å². The molecule has 0 aliphatic carbocycles. The second-order valence-corrected chi connectivity index (χ2v) is 6.27.